The summed E-state index contributed by atoms with van der Waals surface area (Å²) in [5.74, 6) is -1.26. The van der Waals surface area contributed by atoms with Crippen LogP contribution < -0.4 is 0 Å². The van der Waals surface area contributed by atoms with Gasteiger partial charge < -0.3 is 0 Å². The highest BCUT2D eigenvalue weighted by atomic mass is 79.9. The molecule has 21 heavy (non-hydrogen) atoms. The Morgan fingerprint density at radius 3 is 2.67 bits per heavy atom. The van der Waals surface area contributed by atoms with E-state index >= 15 is 0 Å². The lowest BCUT2D eigenvalue weighted by Gasteiger charge is -2.10. The molecule has 3 rings (SSSR count). The summed E-state index contributed by atoms with van der Waals surface area (Å²) in [6.45, 7) is 1.92. The van der Waals surface area contributed by atoms with Gasteiger partial charge in [-0.2, -0.15) is 0 Å². The van der Waals surface area contributed by atoms with E-state index < -0.39 is 11.6 Å². The number of aryl methyl sites for hydroxylation is 1. The molecule has 108 valence electrons. The van der Waals surface area contributed by atoms with E-state index in [2.05, 4.69) is 20.9 Å². The van der Waals surface area contributed by atoms with Crippen LogP contribution in [-0.4, -0.2) is 9.55 Å². The van der Waals surface area contributed by atoms with Crippen LogP contribution in [0.4, 0.5) is 8.78 Å². The maximum Gasteiger partial charge on any atom is 0.185 e. The molecule has 1 aromatic heterocycles. The monoisotopic (exact) mass is 370 g/mol. The zero-order valence-corrected chi connectivity index (χ0v) is 13.3. The van der Waals surface area contributed by atoms with E-state index in [1.54, 1.807) is 4.57 Å². The molecular formula is C15H10BrClF2N2. The average Bonchev–Trinajstić information content (AvgIpc) is 2.81. The summed E-state index contributed by atoms with van der Waals surface area (Å²) < 4.78 is 30.2. The molecule has 2 aromatic carbocycles. The Hall–Kier alpha value is -1.46. The first kappa shape index (κ1) is 14.5. The molecule has 6 heteroatoms. The number of alkyl halides is 1. The first-order chi connectivity index (χ1) is 10.0. The van der Waals surface area contributed by atoms with Crippen molar-refractivity contribution in [3.63, 3.8) is 0 Å². The molecule has 0 saturated heterocycles. The SMILES string of the molecule is Cc1cc(Br)cc(-n2c(CCl)nc3ccc(F)c(F)c32)c1. The Bertz CT molecular complexity index is 825. The standard InChI is InChI=1S/C15H10BrClF2N2/c1-8-4-9(16)6-10(5-8)21-13(7-17)20-12-3-2-11(18)14(19)15(12)21/h2-6H,7H2,1H3. The van der Waals surface area contributed by atoms with Crippen molar-refractivity contribution in [2.24, 2.45) is 0 Å². The van der Waals surface area contributed by atoms with Crippen molar-refractivity contribution in [2.45, 2.75) is 12.8 Å². The van der Waals surface area contributed by atoms with Crippen molar-refractivity contribution in [1.29, 1.82) is 0 Å². The number of hydrogen-bond donors (Lipinski definition) is 0. The van der Waals surface area contributed by atoms with Crippen LogP contribution in [0.15, 0.2) is 34.8 Å². The molecule has 0 spiro atoms. The second-order valence-corrected chi connectivity index (χ2v) is 5.90. The molecule has 0 saturated carbocycles. The van der Waals surface area contributed by atoms with Crippen LogP contribution in [-0.2, 0) is 5.88 Å². The molecule has 1 heterocycles. The van der Waals surface area contributed by atoms with Crippen LogP contribution in [0.5, 0.6) is 0 Å². The first-order valence-corrected chi connectivity index (χ1v) is 7.53. The molecular weight excluding hydrogens is 362 g/mol. The number of aromatic nitrogens is 2. The summed E-state index contributed by atoms with van der Waals surface area (Å²) in [4.78, 5) is 4.28. The fourth-order valence-electron chi connectivity index (χ4n) is 2.36. The van der Waals surface area contributed by atoms with Crippen molar-refractivity contribution in [1.82, 2.24) is 9.55 Å². The van der Waals surface area contributed by atoms with Crippen LogP contribution in [0.2, 0.25) is 0 Å². The van der Waals surface area contributed by atoms with Gasteiger partial charge in [0.25, 0.3) is 0 Å². The molecule has 0 bridgehead atoms. The van der Waals surface area contributed by atoms with Gasteiger partial charge in [0, 0.05) is 10.2 Å². The van der Waals surface area contributed by atoms with Crippen LogP contribution in [0.1, 0.15) is 11.4 Å². The number of nitrogens with zero attached hydrogens (tertiary/aromatic N) is 2. The number of imidazole rings is 1. The fraction of sp³-hybridized carbons (Fsp3) is 0.133. The summed E-state index contributed by atoms with van der Waals surface area (Å²) in [5.41, 5.74) is 2.15. The van der Waals surface area contributed by atoms with Gasteiger partial charge in [0.05, 0.1) is 11.4 Å². The molecule has 0 fully saturated rings. The minimum absolute atomic E-state index is 0.0985. The molecule has 0 N–H and O–H groups in total. The summed E-state index contributed by atoms with van der Waals surface area (Å²) in [7, 11) is 0. The van der Waals surface area contributed by atoms with Gasteiger partial charge in [0.2, 0.25) is 0 Å². The summed E-state index contributed by atoms with van der Waals surface area (Å²) in [6.07, 6.45) is 0. The maximum atomic E-state index is 14.2. The van der Waals surface area contributed by atoms with E-state index in [0.29, 0.717) is 17.0 Å². The van der Waals surface area contributed by atoms with Gasteiger partial charge in [-0.3, -0.25) is 4.57 Å². The first-order valence-electron chi connectivity index (χ1n) is 6.20. The lowest BCUT2D eigenvalue weighted by Crippen LogP contribution is -2.02. The Morgan fingerprint density at radius 2 is 2.00 bits per heavy atom. The topological polar surface area (TPSA) is 17.8 Å². The highest BCUT2D eigenvalue weighted by Gasteiger charge is 2.18. The minimum Gasteiger partial charge on any atom is -0.292 e. The highest BCUT2D eigenvalue weighted by molar-refractivity contribution is 9.10. The third-order valence-electron chi connectivity index (χ3n) is 3.18. The van der Waals surface area contributed by atoms with Crippen LogP contribution >= 0.6 is 27.5 Å². The summed E-state index contributed by atoms with van der Waals surface area (Å²) in [5, 5.41) is 0. The van der Waals surface area contributed by atoms with Gasteiger partial charge >= 0.3 is 0 Å². The molecule has 0 atom stereocenters. The number of halogens is 4. The van der Waals surface area contributed by atoms with Crippen molar-refractivity contribution in [3.8, 4) is 5.69 Å². The lowest BCUT2D eigenvalue weighted by atomic mass is 10.2. The average molecular weight is 372 g/mol. The summed E-state index contributed by atoms with van der Waals surface area (Å²) in [6, 6.07) is 8.13. The van der Waals surface area contributed by atoms with Crippen molar-refractivity contribution in [2.75, 3.05) is 0 Å². The third kappa shape index (κ3) is 2.45. The van der Waals surface area contributed by atoms with E-state index in [1.807, 2.05) is 25.1 Å². The van der Waals surface area contributed by atoms with Gasteiger partial charge in [-0.25, -0.2) is 13.8 Å². The number of benzene rings is 2. The van der Waals surface area contributed by atoms with E-state index in [-0.39, 0.29) is 11.4 Å². The van der Waals surface area contributed by atoms with Crippen molar-refractivity contribution >= 4 is 38.6 Å². The van der Waals surface area contributed by atoms with Gasteiger partial charge in [-0.05, 0) is 42.8 Å². The largest absolute Gasteiger partial charge is 0.292 e. The van der Waals surface area contributed by atoms with Gasteiger partial charge in [0.1, 0.15) is 11.3 Å². The zero-order chi connectivity index (χ0) is 15.1. The number of hydrogen-bond acceptors (Lipinski definition) is 1. The van der Waals surface area contributed by atoms with E-state index in [0.717, 1.165) is 16.1 Å². The molecule has 0 aliphatic carbocycles. The predicted octanol–water partition coefficient (Wildman–Crippen LogP) is 5.11. The minimum atomic E-state index is -0.922. The second kappa shape index (κ2) is 5.39. The van der Waals surface area contributed by atoms with Crippen LogP contribution in [0.3, 0.4) is 0 Å². The second-order valence-electron chi connectivity index (χ2n) is 4.71. The molecule has 2 nitrogen and oxygen atoms in total. The third-order valence-corrected chi connectivity index (χ3v) is 3.88. The Balaban J connectivity index is 2.42. The summed E-state index contributed by atoms with van der Waals surface area (Å²) >= 11 is 9.32. The molecule has 0 aliphatic heterocycles. The smallest absolute Gasteiger partial charge is 0.185 e. The number of fused-ring (bicyclic) bond motifs is 1. The Kier molecular flexibility index (Phi) is 3.71. The Morgan fingerprint density at radius 1 is 1.24 bits per heavy atom. The van der Waals surface area contributed by atoms with Gasteiger partial charge in [-0.15, -0.1) is 11.6 Å². The van der Waals surface area contributed by atoms with Crippen molar-refractivity contribution < 1.29 is 8.78 Å². The normalized spacial score (nSPS) is 11.3. The number of rotatable bonds is 2. The molecule has 0 radical (unpaired) electrons. The predicted molar refractivity (Wildman–Crippen MR) is 83.0 cm³/mol. The van der Waals surface area contributed by atoms with Gasteiger partial charge in [-0.1, -0.05) is 15.9 Å². The van der Waals surface area contributed by atoms with E-state index in [1.165, 1.54) is 6.07 Å². The van der Waals surface area contributed by atoms with Gasteiger partial charge in [0.15, 0.2) is 11.6 Å². The maximum absolute atomic E-state index is 14.2. The van der Waals surface area contributed by atoms with Crippen LogP contribution in [0, 0.1) is 18.6 Å². The zero-order valence-electron chi connectivity index (χ0n) is 11.0. The highest BCUT2D eigenvalue weighted by Crippen LogP contribution is 2.28. The quantitative estimate of drug-likeness (QED) is 0.572. The van der Waals surface area contributed by atoms with E-state index in [9.17, 15) is 8.78 Å². The van der Waals surface area contributed by atoms with Crippen molar-refractivity contribution in [3.05, 3.63) is 57.8 Å². The fourth-order valence-corrected chi connectivity index (χ4v) is 3.14. The van der Waals surface area contributed by atoms with E-state index in [4.69, 9.17) is 11.6 Å². The molecule has 3 aromatic rings. The van der Waals surface area contributed by atoms with Crippen LogP contribution in [0.25, 0.3) is 16.7 Å². The molecule has 0 unspecified atom stereocenters. The molecule has 0 amide bonds. The lowest BCUT2D eigenvalue weighted by molar-refractivity contribution is 0.514. The molecule has 0 aliphatic rings. The Labute approximate surface area is 133 Å².